The minimum absolute atomic E-state index is 0.556. The fourth-order valence-electron chi connectivity index (χ4n) is 0.927. The largest absolute Gasteiger partial charge is 0.464 e. The Morgan fingerprint density at radius 3 is 2.24 bits per heavy atom. The van der Waals surface area contributed by atoms with Gasteiger partial charge in [-0.05, 0) is 12.1 Å². The molecule has 1 atom stereocenters. The minimum atomic E-state index is -4.81. The lowest BCUT2D eigenvalue weighted by atomic mass is 10.3. The van der Waals surface area contributed by atoms with Crippen molar-refractivity contribution in [3.63, 3.8) is 0 Å². The summed E-state index contributed by atoms with van der Waals surface area (Å²) in [6, 6.07) is 4.62. The summed E-state index contributed by atoms with van der Waals surface area (Å²) < 4.78 is 62.8. The molecule has 0 aliphatic carbocycles. The Labute approximate surface area is 105 Å². The van der Waals surface area contributed by atoms with Crippen LogP contribution in [0.2, 0.25) is 0 Å². The summed E-state index contributed by atoms with van der Waals surface area (Å²) >= 11 is 4.93. The van der Waals surface area contributed by atoms with Crippen LogP contribution < -0.4 is 4.74 Å². The molecule has 9 heteroatoms. The Hall–Kier alpha value is -0.660. The van der Waals surface area contributed by atoms with Gasteiger partial charge >= 0.3 is 6.18 Å². The van der Waals surface area contributed by atoms with Gasteiger partial charge in [-0.2, -0.15) is 13.2 Å². The van der Waals surface area contributed by atoms with E-state index in [9.17, 15) is 21.6 Å². The lowest BCUT2D eigenvalue weighted by Gasteiger charge is -2.16. The molecule has 0 aromatic heterocycles. The normalized spacial score (nSPS) is 14.4. The van der Waals surface area contributed by atoms with E-state index in [1.165, 1.54) is 12.1 Å². The fourth-order valence-corrected chi connectivity index (χ4v) is 2.00. The van der Waals surface area contributed by atoms with Crippen molar-refractivity contribution < 1.29 is 26.3 Å². The van der Waals surface area contributed by atoms with Gasteiger partial charge in [0.25, 0.3) is 14.6 Å². The lowest BCUT2D eigenvalue weighted by Crippen LogP contribution is -2.29. The van der Waals surface area contributed by atoms with Crippen molar-refractivity contribution >= 4 is 31.3 Å². The van der Waals surface area contributed by atoms with E-state index < -0.39 is 31.4 Å². The van der Waals surface area contributed by atoms with Crippen LogP contribution in [0.15, 0.2) is 29.2 Å². The summed E-state index contributed by atoms with van der Waals surface area (Å²) in [6.07, 6.45) is -4.81. The van der Waals surface area contributed by atoms with Crippen LogP contribution in [-0.4, -0.2) is 20.2 Å². The Morgan fingerprint density at radius 1 is 1.24 bits per heavy atom. The van der Waals surface area contributed by atoms with E-state index in [2.05, 4.69) is 4.74 Å². The van der Waals surface area contributed by atoms with Crippen LogP contribution in [0.25, 0.3) is 0 Å². The molecule has 0 saturated carbocycles. The van der Waals surface area contributed by atoms with Crippen LogP contribution in [0, 0.1) is 0 Å². The summed E-state index contributed by atoms with van der Waals surface area (Å²) in [5.74, 6) is -0.556. The van der Waals surface area contributed by atoms with E-state index in [-0.39, 0.29) is 0 Å². The molecule has 0 heterocycles. The molecule has 17 heavy (non-hydrogen) atoms. The number of halogens is 5. The third kappa shape index (κ3) is 3.93. The van der Waals surface area contributed by atoms with E-state index in [4.69, 9.17) is 22.3 Å². The molecule has 96 valence electrons. The molecule has 0 fully saturated rings. The Kier molecular flexibility index (Phi) is 4.16. The second-order valence-electron chi connectivity index (χ2n) is 2.86. The third-order valence-electron chi connectivity index (χ3n) is 1.60. The highest BCUT2D eigenvalue weighted by molar-refractivity contribution is 8.13. The first-order chi connectivity index (χ1) is 7.62. The maximum Gasteiger partial charge on any atom is 0.440 e. The standard InChI is InChI=1S/C8H5Cl2F3O3S/c9-7(8(11,12)13)16-5-3-1-2-4-6(5)17(10,14)15/h1-4,7H. The topological polar surface area (TPSA) is 43.4 Å². The first-order valence-corrected chi connectivity index (χ1v) is 6.78. The first-order valence-electron chi connectivity index (χ1n) is 4.03. The van der Waals surface area contributed by atoms with Crippen LogP contribution >= 0.6 is 22.3 Å². The molecule has 1 aromatic rings. The van der Waals surface area contributed by atoms with Crippen molar-refractivity contribution in [3.05, 3.63) is 24.3 Å². The van der Waals surface area contributed by atoms with E-state index in [0.717, 1.165) is 12.1 Å². The van der Waals surface area contributed by atoms with E-state index in [1.807, 2.05) is 0 Å². The van der Waals surface area contributed by atoms with Gasteiger partial charge in [0.2, 0.25) is 0 Å². The molecule has 1 rings (SSSR count). The van der Waals surface area contributed by atoms with Crippen LogP contribution in [0.5, 0.6) is 5.75 Å². The molecule has 0 aliphatic rings. The molecule has 0 radical (unpaired) electrons. The van der Waals surface area contributed by atoms with Crippen LogP contribution in [0.1, 0.15) is 0 Å². The highest BCUT2D eigenvalue weighted by atomic mass is 35.7. The molecule has 1 aromatic carbocycles. The molecule has 0 bridgehead atoms. The third-order valence-corrected chi connectivity index (χ3v) is 3.30. The average Bonchev–Trinajstić information content (AvgIpc) is 2.15. The molecule has 0 N–H and O–H groups in total. The second-order valence-corrected chi connectivity index (χ2v) is 5.79. The lowest BCUT2D eigenvalue weighted by molar-refractivity contribution is -0.169. The van der Waals surface area contributed by atoms with Crippen LogP contribution in [-0.2, 0) is 9.05 Å². The second kappa shape index (κ2) is 4.91. The van der Waals surface area contributed by atoms with Gasteiger partial charge in [-0.25, -0.2) is 8.42 Å². The summed E-state index contributed by atoms with van der Waals surface area (Å²) in [4.78, 5) is -0.573. The smallest absolute Gasteiger partial charge is 0.440 e. The first kappa shape index (κ1) is 14.4. The SMILES string of the molecule is O=S(=O)(Cl)c1ccccc1OC(Cl)C(F)(F)F. The van der Waals surface area contributed by atoms with Gasteiger partial charge < -0.3 is 4.74 Å². The zero-order chi connectivity index (χ0) is 13.3. The van der Waals surface area contributed by atoms with Gasteiger partial charge in [-0.3, -0.25) is 0 Å². The summed E-state index contributed by atoms with van der Waals surface area (Å²) in [5, 5.41) is 0. The zero-order valence-electron chi connectivity index (χ0n) is 7.91. The zero-order valence-corrected chi connectivity index (χ0v) is 10.2. The molecule has 3 nitrogen and oxygen atoms in total. The highest BCUT2D eigenvalue weighted by Gasteiger charge is 2.41. The maximum atomic E-state index is 12.1. The summed E-state index contributed by atoms with van der Waals surface area (Å²) in [6.45, 7) is 0. The van der Waals surface area contributed by atoms with Gasteiger partial charge in [-0.15, -0.1) is 0 Å². The Balaban J connectivity index is 3.09. The van der Waals surface area contributed by atoms with Crippen molar-refractivity contribution in [2.75, 3.05) is 0 Å². The molecule has 0 saturated heterocycles. The van der Waals surface area contributed by atoms with Crippen molar-refractivity contribution in [2.24, 2.45) is 0 Å². The van der Waals surface area contributed by atoms with Crippen molar-refractivity contribution in [1.82, 2.24) is 0 Å². The van der Waals surface area contributed by atoms with Crippen LogP contribution in [0.3, 0.4) is 0 Å². The van der Waals surface area contributed by atoms with Crippen molar-refractivity contribution in [2.45, 2.75) is 16.6 Å². The number of benzene rings is 1. The quantitative estimate of drug-likeness (QED) is 0.636. The van der Waals surface area contributed by atoms with E-state index >= 15 is 0 Å². The maximum absolute atomic E-state index is 12.1. The van der Waals surface area contributed by atoms with Crippen molar-refractivity contribution in [3.8, 4) is 5.75 Å². The van der Waals surface area contributed by atoms with Gasteiger partial charge in [-0.1, -0.05) is 23.7 Å². The summed E-state index contributed by atoms with van der Waals surface area (Å²) in [7, 11) is 0.826. The molecule has 0 aliphatic heterocycles. The molecular formula is C8H5Cl2F3O3S. The Bertz CT molecular complexity index is 501. The number of hydrogen-bond donors (Lipinski definition) is 0. The van der Waals surface area contributed by atoms with Gasteiger partial charge in [0, 0.05) is 10.7 Å². The van der Waals surface area contributed by atoms with E-state index in [0.29, 0.717) is 0 Å². The molecule has 0 amide bonds. The molecule has 0 spiro atoms. The highest BCUT2D eigenvalue weighted by Crippen LogP contribution is 2.32. The summed E-state index contributed by atoms with van der Waals surface area (Å²) in [5.41, 5.74) is -2.65. The monoisotopic (exact) mass is 308 g/mol. The molecular weight excluding hydrogens is 304 g/mol. The number of hydrogen-bond acceptors (Lipinski definition) is 3. The van der Waals surface area contributed by atoms with E-state index in [1.54, 1.807) is 0 Å². The fraction of sp³-hybridized carbons (Fsp3) is 0.250. The molecule has 1 unspecified atom stereocenters. The van der Waals surface area contributed by atoms with Crippen molar-refractivity contribution in [1.29, 1.82) is 0 Å². The van der Waals surface area contributed by atoms with Gasteiger partial charge in [0.1, 0.15) is 10.6 Å². The van der Waals surface area contributed by atoms with Gasteiger partial charge in [0.15, 0.2) is 0 Å². The number of rotatable bonds is 3. The number of para-hydroxylation sites is 1. The van der Waals surface area contributed by atoms with Gasteiger partial charge in [0.05, 0.1) is 0 Å². The minimum Gasteiger partial charge on any atom is -0.464 e. The number of ether oxygens (including phenoxy) is 1. The number of alkyl halides is 4. The average molecular weight is 309 g/mol. The van der Waals surface area contributed by atoms with Crippen LogP contribution in [0.4, 0.5) is 13.2 Å². The predicted octanol–water partition coefficient (Wildman–Crippen LogP) is 3.12. The Morgan fingerprint density at radius 2 is 1.76 bits per heavy atom. The predicted molar refractivity (Wildman–Crippen MR) is 55.8 cm³/mol.